The predicted molar refractivity (Wildman–Crippen MR) is 114 cm³/mol. The first kappa shape index (κ1) is 22.7. The molecule has 0 aromatic heterocycles. The van der Waals surface area contributed by atoms with Gasteiger partial charge in [0.25, 0.3) is 11.1 Å². The maximum absolute atomic E-state index is 13.0. The third kappa shape index (κ3) is 5.03. The summed E-state index contributed by atoms with van der Waals surface area (Å²) in [6, 6.07) is 7.27. The number of nitrogens with one attached hydrogen (secondary N) is 1. The van der Waals surface area contributed by atoms with Gasteiger partial charge < -0.3 is 15.2 Å². The van der Waals surface area contributed by atoms with Gasteiger partial charge in [-0.05, 0) is 60.7 Å². The molecule has 1 heterocycles. The minimum absolute atomic E-state index is 0.0629. The largest absolute Gasteiger partial charge is 0.500 e. The predicted octanol–water partition coefficient (Wildman–Crippen LogP) is 3.51. The fourth-order valence-electron chi connectivity index (χ4n) is 2.77. The van der Waals surface area contributed by atoms with E-state index in [1.165, 1.54) is 24.3 Å². The van der Waals surface area contributed by atoms with Crippen molar-refractivity contribution >= 4 is 46.3 Å². The van der Waals surface area contributed by atoms with Crippen molar-refractivity contribution in [1.29, 1.82) is 0 Å². The summed E-state index contributed by atoms with van der Waals surface area (Å²) in [7, 11) is 0. The Bertz CT molecular complexity index is 1130. The number of anilines is 1. The topological polar surface area (TPSA) is 139 Å². The number of imide groups is 1. The molecule has 1 aliphatic rings. The van der Waals surface area contributed by atoms with Gasteiger partial charge in [0.15, 0.2) is 5.75 Å². The Balaban J connectivity index is 1.79. The Morgan fingerprint density at radius 2 is 2.00 bits per heavy atom. The number of phenols is 1. The van der Waals surface area contributed by atoms with E-state index in [2.05, 4.69) is 5.32 Å². The number of hydrogen-bond acceptors (Lipinski definition) is 8. The second-order valence-corrected chi connectivity index (χ2v) is 7.39. The average Bonchev–Trinajstić information content (AvgIpc) is 2.99. The smallest absolute Gasteiger partial charge is 0.315 e. The molecule has 3 rings (SSSR count). The van der Waals surface area contributed by atoms with Gasteiger partial charge in [-0.2, -0.15) is 0 Å². The number of halogens is 1. The molecule has 0 saturated carbocycles. The number of rotatable bonds is 7. The molecule has 2 N–H and O–H groups in total. The van der Waals surface area contributed by atoms with Crippen LogP contribution in [0.25, 0.3) is 6.08 Å². The lowest BCUT2D eigenvalue weighted by atomic mass is 10.1. The molecule has 0 radical (unpaired) electrons. The van der Waals surface area contributed by atoms with Crippen molar-refractivity contribution in [1.82, 2.24) is 4.90 Å². The van der Waals surface area contributed by atoms with Gasteiger partial charge in [-0.25, -0.2) is 4.39 Å². The highest BCUT2D eigenvalue weighted by molar-refractivity contribution is 8.18. The molecule has 10 nitrogen and oxygen atoms in total. The summed E-state index contributed by atoms with van der Waals surface area (Å²) in [5, 5.41) is 22.9. The monoisotopic (exact) mass is 461 g/mol. The maximum Gasteiger partial charge on any atom is 0.315 e. The molecule has 1 saturated heterocycles. The first-order chi connectivity index (χ1) is 15.2. The van der Waals surface area contributed by atoms with E-state index in [4.69, 9.17) is 4.74 Å². The number of nitrogens with zero attached hydrogens (tertiary/aromatic N) is 2. The highest BCUT2D eigenvalue weighted by Gasteiger charge is 2.36. The first-order valence-corrected chi connectivity index (χ1v) is 9.96. The van der Waals surface area contributed by atoms with E-state index in [0.29, 0.717) is 22.3 Å². The Morgan fingerprint density at radius 1 is 1.31 bits per heavy atom. The molecule has 1 fully saturated rings. The zero-order valence-electron chi connectivity index (χ0n) is 16.5. The third-order valence-electron chi connectivity index (χ3n) is 4.17. The molecule has 0 atom stereocenters. The van der Waals surface area contributed by atoms with Crippen LogP contribution in [0, 0.1) is 15.9 Å². The number of carbonyl (C=O) groups is 3. The van der Waals surface area contributed by atoms with Crippen molar-refractivity contribution < 1.29 is 33.5 Å². The van der Waals surface area contributed by atoms with Gasteiger partial charge in [0.05, 0.1) is 16.4 Å². The van der Waals surface area contributed by atoms with E-state index in [-0.39, 0.29) is 22.8 Å². The number of nitro benzene ring substituents is 1. The first-order valence-electron chi connectivity index (χ1n) is 9.14. The Hall–Kier alpha value is -3.93. The summed E-state index contributed by atoms with van der Waals surface area (Å²) in [4.78, 5) is 48.1. The lowest BCUT2D eigenvalue weighted by Gasteiger charge is -2.12. The highest BCUT2D eigenvalue weighted by Crippen LogP contribution is 2.39. The summed E-state index contributed by atoms with van der Waals surface area (Å²) < 4.78 is 18.1. The van der Waals surface area contributed by atoms with Crippen LogP contribution < -0.4 is 10.1 Å². The number of amides is 3. The zero-order valence-corrected chi connectivity index (χ0v) is 17.3. The average molecular weight is 461 g/mol. The van der Waals surface area contributed by atoms with Crippen molar-refractivity contribution in [3.63, 3.8) is 0 Å². The number of ether oxygens (including phenoxy) is 1. The molecule has 0 bridgehead atoms. The van der Waals surface area contributed by atoms with Gasteiger partial charge in [-0.3, -0.25) is 29.4 Å². The molecule has 12 heteroatoms. The van der Waals surface area contributed by atoms with Gasteiger partial charge in [-0.15, -0.1) is 0 Å². The molecule has 32 heavy (non-hydrogen) atoms. The fourth-order valence-corrected chi connectivity index (χ4v) is 3.61. The minimum Gasteiger partial charge on any atom is -0.500 e. The van der Waals surface area contributed by atoms with Crippen molar-refractivity contribution in [3.8, 4) is 11.5 Å². The van der Waals surface area contributed by atoms with Crippen LogP contribution in [0.2, 0.25) is 0 Å². The normalized spacial score (nSPS) is 14.7. The molecular weight excluding hydrogens is 445 g/mol. The van der Waals surface area contributed by atoms with Crippen LogP contribution in [0.4, 0.5) is 20.6 Å². The molecule has 2 aromatic carbocycles. The van der Waals surface area contributed by atoms with Crippen LogP contribution in [0.3, 0.4) is 0 Å². The number of thioether (sulfide) groups is 1. The van der Waals surface area contributed by atoms with Crippen LogP contribution >= 0.6 is 11.8 Å². The quantitative estimate of drug-likeness (QED) is 0.363. The molecule has 3 amide bonds. The lowest BCUT2D eigenvalue weighted by Crippen LogP contribution is -2.36. The van der Waals surface area contributed by atoms with Crippen molar-refractivity contribution in [3.05, 3.63) is 62.8 Å². The molecule has 0 spiro atoms. The van der Waals surface area contributed by atoms with Gasteiger partial charge in [-0.1, -0.05) is 0 Å². The molecular formula is C20H16FN3O7S. The van der Waals surface area contributed by atoms with E-state index in [0.717, 1.165) is 18.2 Å². The third-order valence-corrected chi connectivity index (χ3v) is 5.08. The van der Waals surface area contributed by atoms with Gasteiger partial charge in [0, 0.05) is 11.8 Å². The Morgan fingerprint density at radius 3 is 2.62 bits per heavy atom. The number of aromatic hydroxyl groups is 1. The summed E-state index contributed by atoms with van der Waals surface area (Å²) in [6.45, 7) is 1.19. The van der Waals surface area contributed by atoms with E-state index in [1.54, 1.807) is 6.92 Å². The molecule has 2 aromatic rings. The number of carbonyl (C=O) groups excluding carboxylic acids is 3. The Kier molecular flexibility index (Phi) is 6.73. The molecule has 1 aliphatic heterocycles. The van der Waals surface area contributed by atoms with Crippen LogP contribution in [-0.2, 0) is 9.59 Å². The number of nitro groups is 1. The minimum atomic E-state index is -0.805. The van der Waals surface area contributed by atoms with E-state index < -0.39 is 45.8 Å². The molecule has 0 unspecified atom stereocenters. The second kappa shape index (κ2) is 9.47. The molecule has 166 valence electrons. The standard InChI is InChI=1S/C20H16FN3O7S/c1-2-31-15-8-11(7-14(18(15)26)24(29)30)9-16-19(27)23(20(28)32-16)10-17(25)22-13-5-3-12(21)4-6-13/h3-9,26H,2,10H2,1H3,(H,22,25). The van der Waals surface area contributed by atoms with Crippen LogP contribution in [0.5, 0.6) is 11.5 Å². The summed E-state index contributed by atoms with van der Waals surface area (Å²) in [5.74, 6) is -2.71. The maximum atomic E-state index is 13.0. The van der Waals surface area contributed by atoms with Crippen LogP contribution in [0.1, 0.15) is 12.5 Å². The summed E-state index contributed by atoms with van der Waals surface area (Å²) in [5.41, 5.74) is -0.182. The van der Waals surface area contributed by atoms with Crippen molar-refractivity contribution in [2.75, 3.05) is 18.5 Å². The number of benzene rings is 2. The Labute approximate surface area is 184 Å². The summed E-state index contributed by atoms with van der Waals surface area (Å²) in [6.07, 6.45) is 1.23. The highest BCUT2D eigenvalue weighted by atomic mass is 32.2. The number of hydrogen-bond donors (Lipinski definition) is 2. The van der Waals surface area contributed by atoms with E-state index in [9.17, 15) is 34.0 Å². The summed E-state index contributed by atoms with van der Waals surface area (Å²) >= 11 is 0.560. The SMILES string of the molecule is CCOc1cc(C=C2SC(=O)N(CC(=O)Nc3ccc(F)cc3)C2=O)cc([N+](=O)[O-])c1O. The fraction of sp³-hybridized carbons (Fsp3) is 0.150. The van der Waals surface area contributed by atoms with Crippen molar-refractivity contribution in [2.24, 2.45) is 0 Å². The van der Waals surface area contributed by atoms with Gasteiger partial charge in [0.2, 0.25) is 11.7 Å². The van der Waals surface area contributed by atoms with Gasteiger partial charge >= 0.3 is 5.69 Å². The zero-order chi connectivity index (χ0) is 23.4. The van der Waals surface area contributed by atoms with Gasteiger partial charge in [0.1, 0.15) is 12.4 Å². The van der Waals surface area contributed by atoms with Crippen LogP contribution in [0.15, 0.2) is 41.3 Å². The number of phenolic OH excluding ortho intramolecular Hbond substituents is 1. The molecule has 0 aliphatic carbocycles. The lowest BCUT2D eigenvalue weighted by molar-refractivity contribution is -0.386. The second-order valence-electron chi connectivity index (χ2n) is 6.40. The van der Waals surface area contributed by atoms with Crippen LogP contribution in [-0.4, -0.2) is 45.1 Å². The van der Waals surface area contributed by atoms with E-state index >= 15 is 0 Å². The van der Waals surface area contributed by atoms with Crippen molar-refractivity contribution in [2.45, 2.75) is 6.92 Å². The van der Waals surface area contributed by atoms with E-state index in [1.807, 2.05) is 0 Å².